The lowest BCUT2D eigenvalue weighted by atomic mass is 9.89. The van der Waals surface area contributed by atoms with Crippen LogP contribution in [0, 0.1) is 12.8 Å². The summed E-state index contributed by atoms with van der Waals surface area (Å²) in [5.41, 5.74) is 1.84. The highest BCUT2D eigenvalue weighted by atomic mass is 16.5. The molecule has 162 valence electrons. The SMILES string of the molecule is COc1ccc(-c2c(C)c3ccc(OC(=O)C4CCCCC4)cc3oc2=O)cc1OC. The van der Waals surface area contributed by atoms with Crippen LogP contribution in [0.1, 0.15) is 37.7 Å². The average molecular weight is 422 g/mol. The zero-order chi connectivity index (χ0) is 22.0. The van der Waals surface area contributed by atoms with Crippen molar-refractivity contribution < 1.29 is 23.4 Å². The van der Waals surface area contributed by atoms with Gasteiger partial charge in [0.15, 0.2) is 11.5 Å². The van der Waals surface area contributed by atoms with Gasteiger partial charge in [-0.3, -0.25) is 4.79 Å². The van der Waals surface area contributed by atoms with Crippen LogP contribution in [0.5, 0.6) is 17.2 Å². The Morgan fingerprint density at radius 3 is 2.42 bits per heavy atom. The standard InChI is InChI=1S/C25H26O6/c1-15-19-11-10-18(30-24(26)16-7-5-4-6-8-16)14-21(19)31-25(27)23(15)17-9-12-20(28-2)22(13-17)29-3/h9-14,16H,4-8H2,1-3H3. The predicted octanol–water partition coefficient (Wildman–Crippen LogP) is 5.27. The van der Waals surface area contributed by atoms with Crippen LogP contribution in [0.25, 0.3) is 22.1 Å². The summed E-state index contributed by atoms with van der Waals surface area (Å²) < 4.78 is 21.8. The van der Waals surface area contributed by atoms with Gasteiger partial charge in [-0.1, -0.05) is 25.3 Å². The van der Waals surface area contributed by atoms with Crippen LogP contribution >= 0.6 is 0 Å². The van der Waals surface area contributed by atoms with Crippen molar-refractivity contribution in [2.24, 2.45) is 5.92 Å². The number of aryl methyl sites for hydroxylation is 1. The Balaban J connectivity index is 1.69. The third kappa shape index (κ3) is 4.15. The van der Waals surface area contributed by atoms with Crippen LogP contribution in [0.3, 0.4) is 0 Å². The first-order chi connectivity index (χ1) is 15.0. The molecule has 0 radical (unpaired) electrons. The van der Waals surface area contributed by atoms with Crippen LogP contribution in [0.2, 0.25) is 0 Å². The van der Waals surface area contributed by atoms with Crippen molar-refractivity contribution in [2.75, 3.05) is 14.2 Å². The van der Waals surface area contributed by atoms with Gasteiger partial charge in [0.05, 0.1) is 25.7 Å². The van der Waals surface area contributed by atoms with Crippen LogP contribution in [-0.4, -0.2) is 20.2 Å². The van der Waals surface area contributed by atoms with E-state index in [2.05, 4.69) is 0 Å². The molecule has 0 aliphatic heterocycles. The highest BCUT2D eigenvalue weighted by Gasteiger charge is 2.23. The monoisotopic (exact) mass is 422 g/mol. The molecule has 6 heteroatoms. The normalized spacial score (nSPS) is 14.4. The van der Waals surface area contributed by atoms with Gasteiger partial charge in [-0.15, -0.1) is 0 Å². The van der Waals surface area contributed by atoms with Crippen LogP contribution in [-0.2, 0) is 4.79 Å². The molecule has 1 heterocycles. The highest BCUT2D eigenvalue weighted by molar-refractivity contribution is 5.88. The predicted molar refractivity (Wildman–Crippen MR) is 118 cm³/mol. The summed E-state index contributed by atoms with van der Waals surface area (Å²) in [5, 5.41) is 0.779. The zero-order valence-electron chi connectivity index (χ0n) is 18.0. The maximum atomic E-state index is 12.8. The van der Waals surface area contributed by atoms with Crippen molar-refractivity contribution in [1.29, 1.82) is 0 Å². The van der Waals surface area contributed by atoms with Gasteiger partial charge in [-0.2, -0.15) is 0 Å². The first kappa shape index (κ1) is 21.0. The molecular weight excluding hydrogens is 396 g/mol. The summed E-state index contributed by atoms with van der Waals surface area (Å²) in [6.07, 6.45) is 5.03. The minimum atomic E-state index is -0.465. The quantitative estimate of drug-likeness (QED) is 0.317. The second-order valence-corrected chi connectivity index (χ2v) is 7.87. The Morgan fingerprint density at radius 1 is 0.968 bits per heavy atom. The molecule has 1 aliphatic carbocycles. The number of hydrogen-bond acceptors (Lipinski definition) is 6. The molecule has 3 aromatic rings. The first-order valence-electron chi connectivity index (χ1n) is 10.5. The Kier molecular flexibility index (Phi) is 5.98. The molecule has 1 saturated carbocycles. The van der Waals surface area contributed by atoms with E-state index < -0.39 is 5.63 Å². The van der Waals surface area contributed by atoms with E-state index in [1.807, 2.05) is 13.0 Å². The summed E-state index contributed by atoms with van der Waals surface area (Å²) in [6.45, 7) is 1.87. The maximum Gasteiger partial charge on any atom is 0.344 e. The smallest absolute Gasteiger partial charge is 0.344 e. The zero-order valence-corrected chi connectivity index (χ0v) is 18.0. The Labute approximate surface area is 180 Å². The number of fused-ring (bicyclic) bond motifs is 1. The molecule has 0 amide bonds. The third-order valence-electron chi connectivity index (χ3n) is 5.97. The number of esters is 1. The van der Waals surface area contributed by atoms with Gasteiger partial charge in [0.2, 0.25) is 0 Å². The second kappa shape index (κ2) is 8.84. The molecule has 0 unspecified atom stereocenters. The number of methoxy groups -OCH3 is 2. The van der Waals surface area contributed by atoms with Crippen molar-refractivity contribution in [2.45, 2.75) is 39.0 Å². The molecule has 0 saturated heterocycles. The van der Waals surface area contributed by atoms with Crippen molar-refractivity contribution >= 4 is 16.9 Å². The van der Waals surface area contributed by atoms with Gasteiger partial charge in [0, 0.05) is 11.5 Å². The van der Waals surface area contributed by atoms with E-state index in [9.17, 15) is 9.59 Å². The lowest BCUT2D eigenvalue weighted by molar-refractivity contribution is -0.139. The molecule has 1 aromatic heterocycles. The summed E-state index contributed by atoms with van der Waals surface area (Å²) >= 11 is 0. The van der Waals surface area contributed by atoms with Crippen molar-refractivity contribution in [1.82, 2.24) is 0 Å². The van der Waals surface area contributed by atoms with Gasteiger partial charge in [-0.05, 0) is 55.2 Å². The number of benzene rings is 2. The van der Waals surface area contributed by atoms with Crippen LogP contribution in [0.15, 0.2) is 45.6 Å². The van der Waals surface area contributed by atoms with Gasteiger partial charge in [-0.25, -0.2) is 4.79 Å². The van der Waals surface area contributed by atoms with E-state index in [1.165, 1.54) is 6.42 Å². The second-order valence-electron chi connectivity index (χ2n) is 7.87. The Bertz CT molecular complexity index is 1170. The van der Waals surface area contributed by atoms with Gasteiger partial charge >= 0.3 is 11.6 Å². The van der Waals surface area contributed by atoms with E-state index in [-0.39, 0.29) is 11.9 Å². The Hall–Kier alpha value is -3.28. The van der Waals surface area contributed by atoms with Gasteiger partial charge < -0.3 is 18.6 Å². The van der Waals surface area contributed by atoms with Gasteiger partial charge in [0.25, 0.3) is 0 Å². The lowest BCUT2D eigenvalue weighted by Crippen LogP contribution is -2.22. The summed E-state index contributed by atoms with van der Waals surface area (Å²) in [4.78, 5) is 25.3. The number of ether oxygens (including phenoxy) is 3. The first-order valence-corrected chi connectivity index (χ1v) is 10.5. The fraction of sp³-hybridized carbons (Fsp3) is 0.360. The van der Waals surface area contributed by atoms with E-state index in [0.29, 0.717) is 34.0 Å². The fourth-order valence-electron chi connectivity index (χ4n) is 4.26. The Morgan fingerprint density at radius 2 is 1.71 bits per heavy atom. The van der Waals surface area contributed by atoms with Crippen LogP contribution in [0.4, 0.5) is 0 Å². The van der Waals surface area contributed by atoms with E-state index in [1.54, 1.807) is 44.6 Å². The molecule has 0 atom stereocenters. The summed E-state index contributed by atoms with van der Waals surface area (Å²) in [6, 6.07) is 10.5. The summed E-state index contributed by atoms with van der Waals surface area (Å²) in [5.74, 6) is 1.25. The largest absolute Gasteiger partial charge is 0.493 e. The lowest BCUT2D eigenvalue weighted by Gasteiger charge is -2.19. The fourth-order valence-corrected chi connectivity index (χ4v) is 4.26. The minimum absolute atomic E-state index is 0.0504. The maximum absolute atomic E-state index is 12.8. The average Bonchev–Trinajstić information content (AvgIpc) is 2.79. The van der Waals surface area contributed by atoms with Crippen molar-refractivity contribution in [3.63, 3.8) is 0 Å². The van der Waals surface area contributed by atoms with E-state index in [4.69, 9.17) is 18.6 Å². The topological polar surface area (TPSA) is 75.0 Å². The molecule has 6 nitrogen and oxygen atoms in total. The number of carbonyl (C=O) groups is 1. The van der Waals surface area contributed by atoms with Crippen LogP contribution < -0.4 is 19.8 Å². The number of rotatable bonds is 5. The molecule has 0 bridgehead atoms. The molecular formula is C25H26O6. The van der Waals surface area contributed by atoms with Crippen molar-refractivity contribution in [3.8, 4) is 28.4 Å². The van der Waals surface area contributed by atoms with E-state index >= 15 is 0 Å². The molecule has 2 aromatic carbocycles. The van der Waals surface area contributed by atoms with Gasteiger partial charge in [0.1, 0.15) is 11.3 Å². The molecule has 31 heavy (non-hydrogen) atoms. The molecule has 1 fully saturated rings. The van der Waals surface area contributed by atoms with Crippen molar-refractivity contribution in [3.05, 3.63) is 52.4 Å². The minimum Gasteiger partial charge on any atom is -0.493 e. The third-order valence-corrected chi connectivity index (χ3v) is 5.97. The summed E-state index contributed by atoms with van der Waals surface area (Å²) in [7, 11) is 3.11. The molecule has 4 rings (SSSR count). The molecule has 0 N–H and O–H groups in total. The molecule has 0 spiro atoms. The van der Waals surface area contributed by atoms with E-state index in [0.717, 1.165) is 36.6 Å². The highest BCUT2D eigenvalue weighted by Crippen LogP contribution is 2.35. The number of hydrogen-bond donors (Lipinski definition) is 0. The number of carbonyl (C=O) groups excluding carboxylic acids is 1. The molecule has 1 aliphatic rings.